The van der Waals surface area contributed by atoms with Crippen LogP contribution < -0.4 is 0 Å². The van der Waals surface area contributed by atoms with Crippen molar-refractivity contribution >= 4 is 35.1 Å². The maximum atomic E-state index is 11.3. The van der Waals surface area contributed by atoms with Gasteiger partial charge in [-0.05, 0) is 25.2 Å². The lowest BCUT2D eigenvalue weighted by atomic mass is 9.67. The Balaban J connectivity index is 2.46. The fraction of sp³-hybridized carbons (Fsp3) is 0.800. The van der Waals surface area contributed by atoms with E-state index in [0.29, 0.717) is 6.42 Å². The Morgan fingerprint density at radius 3 is 2.25 bits per heavy atom. The van der Waals surface area contributed by atoms with E-state index in [9.17, 15) is 14.7 Å². The highest BCUT2D eigenvalue weighted by Gasteiger charge is 2.68. The number of rotatable bonds is 2. The number of alkyl halides is 2. The van der Waals surface area contributed by atoms with Crippen LogP contribution in [0.3, 0.4) is 0 Å². The van der Waals surface area contributed by atoms with E-state index in [2.05, 4.69) is 0 Å². The quantitative estimate of drug-likeness (QED) is 0.746. The number of carboxylic acids is 2. The van der Waals surface area contributed by atoms with E-state index in [0.717, 1.165) is 0 Å². The largest absolute Gasteiger partial charge is 0.481 e. The third-order valence-corrected chi connectivity index (χ3v) is 5.49. The summed E-state index contributed by atoms with van der Waals surface area (Å²) < 4.78 is 0. The van der Waals surface area contributed by atoms with Crippen molar-refractivity contribution in [2.24, 2.45) is 23.2 Å². The summed E-state index contributed by atoms with van der Waals surface area (Å²) >= 11 is 12.1. The first-order valence-corrected chi connectivity index (χ1v) is 5.93. The van der Waals surface area contributed by atoms with Crippen molar-refractivity contribution in [2.45, 2.75) is 24.1 Å². The summed E-state index contributed by atoms with van der Waals surface area (Å²) in [6, 6.07) is 0. The van der Waals surface area contributed by atoms with E-state index in [1.54, 1.807) is 0 Å². The van der Waals surface area contributed by atoms with Gasteiger partial charge in [0.1, 0.15) is 0 Å². The van der Waals surface area contributed by atoms with Crippen LogP contribution in [0.4, 0.5) is 0 Å². The molecule has 2 aliphatic rings. The molecule has 0 aliphatic heterocycles. The van der Waals surface area contributed by atoms with E-state index < -0.39 is 34.0 Å². The molecule has 0 aromatic rings. The number of hydrogen-bond donors (Lipinski definition) is 2. The summed E-state index contributed by atoms with van der Waals surface area (Å²) in [5.41, 5.74) is -1.30. The second-order valence-electron chi connectivity index (χ2n) is 4.80. The van der Waals surface area contributed by atoms with Gasteiger partial charge in [0.2, 0.25) is 0 Å². The molecule has 2 fully saturated rings. The monoisotopic (exact) mass is 266 g/mol. The van der Waals surface area contributed by atoms with Crippen molar-refractivity contribution in [3.8, 4) is 0 Å². The molecule has 2 bridgehead atoms. The van der Waals surface area contributed by atoms with E-state index in [1.165, 1.54) is 6.92 Å². The molecule has 0 unspecified atom stereocenters. The Labute approximate surface area is 103 Å². The van der Waals surface area contributed by atoms with Crippen LogP contribution in [0.25, 0.3) is 0 Å². The van der Waals surface area contributed by atoms with Crippen molar-refractivity contribution in [3.63, 3.8) is 0 Å². The summed E-state index contributed by atoms with van der Waals surface area (Å²) in [5, 5.41) is 17.5. The van der Waals surface area contributed by atoms with Gasteiger partial charge in [0, 0.05) is 0 Å². The maximum absolute atomic E-state index is 11.3. The van der Waals surface area contributed by atoms with Gasteiger partial charge in [0.25, 0.3) is 0 Å². The normalized spacial score (nSPS) is 50.6. The Morgan fingerprint density at radius 2 is 1.81 bits per heavy atom. The Bertz CT molecular complexity index is 359. The number of fused-ring (bicyclic) bond motifs is 2. The number of carboxylic acid groups (broad SMARTS) is 2. The van der Waals surface area contributed by atoms with Crippen LogP contribution >= 0.6 is 23.2 Å². The molecule has 0 saturated heterocycles. The molecule has 2 aliphatic carbocycles. The highest BCUT2D eigenvalue weighted by molar-refractivity contribution is 6.31. The SMILES string of the molecule is C[C@]1(C(=O)O)[C@@H]2C[C@@H]([C@@H](Cl)[C@H]2Cl)[C@H]1C(=O)O. The second kappa shape index (κ2) is 3.50. The van der Waals surface area contributed by atoms with Crippen molar-refractivity contribution in [2.75, 3.05) is 0 Å². The summed E-state index contributed by atoms with van der Waals surface area (Å²) in [7, 11) is 0. The molecule has 0 spiro atoms. The van der Waals surface area contributed by atoms with E-state index >= 15 is 0 Å². The number of halogens is 2. The van der Waals surface area contributed by atoms with Crippen LogP contribution in [-0.2, 0) is 9.59 Å². The van der Waals surface area contributed by atoms with Gasteiger partial charge in [-0.1, -0.05) is 0 Å². The van der Waals surface area contributed by atoms with Crippen molar-refractivity contribution in [1.29, 1.82) is 0 Å². The topological polar surface area (TPSA) is 74.6 Å². The van der Waals surface area contributed by atoms with Gasteiger partial charge in [-0.2, -0.15) is 0 Å². The van der Waals surface area contributed by atoms with Crippen LogP contribution in [-0.4, -0.2) is 32.9 Å². The van der Waals surface area contributed by atoms with Crippen LogP contribution in [0, 0.1) is 23.2 Å². The highest BCUT2D eigenvalue weighted by atomic mass is 35.5. The van der Waals surface area contributed by atoms with E-state index in [4.69, 9.17) is 28.3 Å². The molecular formula is C10H12Cl2O4. The fourth-order valence-electron chi connectivity index (χ4n) is 3.31. The summed E-state index contributed by atoms with van der Waals surface area (Å²) in [5.74, 6) is -3.83. The van der Waals surface area contributed by atoms with Gasteiger partial charge >= 0.3 is 11.9 Å². The van der Waals surface area contributed by atoms with Crippen LogP contribution in [0.5, 0.6) is 0 Å². The van der Waals surface area contributed by atoms with Crippen molar-refractivity contribution in [1.82, 2.24) is 0 Å². The van der Waals surface area contributed by atoms with E-state index in [1.807, 2.05) is 0 Å². The molecule has 4 nitrogen and oxygen atoms in total. The van der Waals surface area contributed by atoms with Gasteiger partial charge in [-0.25, -0.2) is 0 Å². The summed E-state index contributed by atoms with van der Waals surface area (Å²) in [4.78, 5) is 22.5. The zero-order valence-corrected chi connectivity index (χ0v) is 10.1. The van der Waals surface area contributed by atoms with Crippen molar-refractivity contribution in [3.05, 3.63) is 0 Å². The molecule has 16 heavy (non-hydrogen) atoms. The lowest BCUT2D eigenvalue weighted by Crippen LogP contribution is -2.51. The number of hydrogen-bond acceptors (Lipinski definition) is 2. The third-order valence-electron chi connectivity index (χ3n) is 4.20. The molecule has 2 saturated carbocycles. The minimum atomic E-state index is -1.30. The lowest BCUT2D eigenvalue weighted by molar-refractivity contribution is -0.165. The van der Waals surface area contributed by atoms with Crippen LogP contribution in [0.15, 0.2) is 0 Å². The highest BCUT2D eigenvalue weighted by Crippen LogP contribution is 2.62. The predicted molar refractivity (Wildman–Crippen MR) is 57.7 cm³/mol. The zero-order valence-electron chi connectivity index (χ0n) is 8.56. The molecule has 0 aromatic carbocycles. The molecule has 2 rings (SSSR count). The standard InChI is InChI=1S/C10H12Cl2O4/c1-10(9(15)16)4-2-3(5(10)8(13)14)6(11)7(4)12/h3-7H,2H2,1H3,(H,13,14)(H,15,16)/t3-,4-,5+,6-,7+,10+/m1/s1. The minimum absolute atomic E-state index is 0.340. The van der Waals surface area contributed by atoms with Gasteiger partial charge in [0.15, 0.2) is 0 Å². The van der Waals surface area contributed by atoms with Gasteiger partial charge < -0.3 is 10.2 Å². The summed E-state index contributed by atoms with van der Waals surface area (Å²) in [6.45, 7) is 1.47. The lowest BCUT2D eigenvalue weighted by Gasteiger charge is -2.39. The number of carbonyl (C=O) groups is 2. The Hall–Kier alpha value is -0.480. The molecular weight excluding hydrogens is 255 g/mol. The Kier molecular flexibility index (Phi) is 2.63. The summed E-state index contributed by atoms with van der Waals surface area (Å²) in [6.07, 6.45) is 0.488. The van der Waals surface area contributed by atoms with Gasteiger partial charge in [-0.15, -0.1) is 23.2 Å². The Morgan fingerprint density at radius 1 is 1.25 bits per heavy atom. The maximum Gasteiger partial charge on any atom is 0.310 e. The molecule has 90 valence electrons. The molecule has 0 heterocycles. The first kappa shape index (κ1) is 12.0. The smallest absolute Gasteiger partial charge is 0.310 e. The van der Waals surface area contributed by atoms with Crippen LogP contribution in [0.2, 0.25) is 0 Å². The molecule has 6 atom stereocenters. The molecule has 6 heteroatoms. The van der Waals surface area contributed by atoms with Gasteiger partial charge in [-0.3, -0.25) is 9.59 Å². The van der Waals surface area contributed by atoms with E-state index in [-0.39, 0.29) is 11.8 Å². The molecule has 0 aromatic heterocycles. The van der Waals surface area contributed by atoms with Gasteiger partial charge in [0.05, 0.1) is 22.1 Å². The second-order valence-corrected chi connectivity index (χ2v) is 5.81. The van der Waals surface area contributed by atoms with Crippen molar-refractivity contribution < 1.29 is 19.8 Å². The average Bonchev–Trinajstić information content (AvgIpc) is 2.63. The predicted octanol–water partition coefficient (Wildman–Crippen LogP) is 1.64. The molecule has 0 radical (unpaired) electrons. The number of aliphatic carboxylic acids is 2. The third kappa shape index (κ3) is 1.23. The van der Waals surface area contributed by atoms with Crippen LogP contribution in [0.1, 0.15) is 13.3 Å². The molecule has 2 N–H and O–H groups in total. The fourth-order valence-corrected chi connectivity index (χ4v) is 4.29. The first-order valence-electron chi connectivity index (χ1n) is 5.06. The zero-order chi connectivity index (χ0) is 12.2. The average molecular weight is 267 g/mol. The first-order chi connectivity index (χ1) is 7.31. The molecule has 0 amide bonds. The minimum Gasteiger partial charge on any atom is -0.481 e.